The van der Waals surface area contributed by atoms with Gasteiger partial charge in [-0.05, 0) is 48.5 Å². The number of methoxy groups -OCH3 is 1. The molecule has 30 heavy (non-hydrogen) atoms. The molecule has 3 aromatic rings. The molecular formula is C22H24N4O3S. The van der Waals surface area contributed by atoms with Crippen molar-refractivity contribution in [3.63, 3.8) is 0 Å². The van der Waals surface area contributed by atoms with E-state index in [-0.39, 0.29) is 5.41 Å². The summed E-state index contributed by atoms with van der Waals surface area (Å²) in [5, 5.41) is 6.69. The van der Waals surface area contributed by atoms with Crippen molar-refractivity contribution in [2.24, 2.45) is 0 Å². The summed E-state index contributed by atoms with van der Waals surface area (Å²) in [6.45, 7) is 3.54. The number of fused-ring (bicyclic) bond motifs is 2. The second kappa shape index (κ2) is 7.52. The van der Waals surface area contributed by atoms with Crippen LogP contribution in [0, 0.1) is 0 Å². The Morgan fingerprint density at radius 3 is 2.77 bits per heavy atom. The van der Waals surface area contributed by atoms with Crippen molar-refractivity contribution >= 4 is 11.3 Å². The molecule has 0 bridgehead atoms. The third-order valence-corrected chi connectivity index (χ3v) is 7.14. The molecule has 1 fully saturated rings. The first kappa shape index (κ1) is 19.3. The Labute approximate surface area is 178 Å². The van der Waals surface area contributed by atoms with E-state index in [2.05, 4.69) is 17.0 Å². The topological polar surface area (TPSA) is 69.4 Å². The number of rotatable bonds is 5. The minimum absolute atomic E-state index is 0.164. The van der Waals surface area contributed by atoms with Crippen LogP contribution in [0.25, 0.3) is 0 Å². The molecule has 1 atom stereocenters. The number of ether oxygens (including phenoxy) is 1. The van der Waals surface area contributed by atoms with Crippen LogP contribution in [0.2, 0.25) is 0 Å². The average molecular weight is 425 g/mol. The van der Waals surface area contributed by atoms with Gasteiger partial charge in [0.2, 0.25) is 0 Å². The van der Waals surface area contributed by atoms with Gasteiger partial charge in [-0.1, -0.05) is 18.2 Å². The Hall–Kier alpha value is -2.71. The summed E-state index contributed by atoms with van der Waals surface area (Å²) in [6, 6.07) is 12.0. The molecule has 5 rings (SSSR count). The van der Waals surface area contributed by atoms with Gasteiger partial charge in [-0.15, -0.1) is 11.3 Å². The lowest BCUT2D eigenvalue weighted by molar-refractivity contribution is 0.297. The smallest absolute Gasteiger partial charge is 0.332 e. The number of likely N-dealkylation sites (tertiary alicyclic amines) is 1. The van der Waals surface area contributed by atoms with Gasteiger partial charge in [0.05, 0.1) is 13.7 Å². The molecule has 0 saturated carbocycles. The van der Waals surface area contributed by atoms with Crippen LogP contribution in [0.5, 0.6) is 5.75 Å². The molecule has 0 unspecified atom stereocenters. The van der Waals surface area contributed by atoms with Crippen LogP contribution in [0.4, 0.5) is 0 Å². The molecule has 0 amide bonds. The molecule has 156 valence electrons. The fourth-order valence-electron chi connectivity index (χ4n) is 4.74. The Balaban J connectivity index is 1.43. The largest absolute Gasteiger partial charge is 0.497 e. The number of thiophene rings is 1. The number of nitrogens with zero attached hydrogens (tertiary/aromatic N) is 4. The van der Waals surface area contributed by atoms with Gasteiger partial charge < -0.3 is 4.74 Å². The van der Waals surface area contributed by atoms with Crippen LogP contribution in [0.15, 0.2) is 51.4 Å². The van der Waals surface area contributed by atoms with Crippen molar-refractivity contribution in [3.8, 4) is 5.75 Å². The number of hydrogen-bond donors (Lipinski definition) is 0. The van der Waals surface area contributed by atoms with E-state index in [1.54, 1.807) is 23.0 Å². The quantitative estimate of drug-likeness (QED) is 0.587. The summed E-state index contributed by atoms with van der Waals surface area (Å²) < 4.78 is 8.31. The molecule has 0 N–H and O–H groups in total. The molecule has 7 nitrogen and oxygen atoms in total. The number of benzene rings is 1. The van der Waals surface area contributed by atoms with Crippen molar-refractivity contribution in [1.82, 2.24) is 19.2 Å². The van der Waals surface area contributed by atoms with Crippen molar-refractivity contribution in [1.29, 1.82) is 0 Å². The Morgan fingerprint density at radius 2 is 1.97 bits per heavy atom. The summed E-state index contributed by atoms with van der Waals surface area (Å²) in [5.41, 5.74) is 0.0654. The first-order valence-electron chi connectivity index (χ1n) is 10.2. The Morgan fingerprint density at radius 1 is 1.10 bits per heavy atom. The summed E-state index contributed by atoms with van der Waals surface area (Å²) in [6.07, 6.45) is 1.80. The van der Waals surface area contributed by atoms with Crippen LogP contribution in [-0.2, 0) is 25.0 Å². The van der Waals surface area contributed by atoms with Crippen molar-refractivity contribution in [3.05, 3.63) is 78.8 Å². The molecule has 1 aromatic carbocycles. The summed E-state index contributed by atoms with van der Waals surface area (Å²) in [5.74, 6) is 1.63. The zero-order chi connectivity index (χ0) is 20.7. The first-order valence-corrected chi connectivity index (χ1v) is 11.1. The molecular weight excluding hydrogens is 400 g/mol. The average Bonchev–Trinajstić information content (AvgIpc) is 3.49. The van der Waals surface area contributed by atoms with Gasteiger partial charge in [0.1, 0.15) is 11.6 Å². The van der Waals surface area contributed by atoms with Gasteiger partial charge in [0.15, 0.2) is 0 Å². The summed E-state index contributed by atoms with van der Waals surface area (Å²) in [4.78, 5) is 28.8. The number of aromatic nitrogens is 3. The van der Waals surface area contributed by atoms with E-state index < -0.39 is 11.1 Å². The first-order chi connectivity index (χ1) is 14.6. The summed E-state index contributed by atoms with van der Waals surface area (Å²) in [7, 11) is 1.68. The lowest BCUT2D eigenvalue weighted by Gasteiger charge is -2.24. The highest BCUT2D eigenvalue weighted by Crippen LogP contribution is 2.40. The molecule has 2 aliphatic heterocycles. The Kier molecular flexibility index (Phi) is 4.83. The molecule has 0 aliphatic carbocycles. The predicted molar refractivity (Wildman–Crippen MR) is 115 cm³/mol. The van der Waals surface area contributed by atoms with E-state index >= 15 is 0 Å². The molecule has 0 radical (unpaired) electrons. The minimum atomic E-state index is -0.532. The minimum Gasteiger partial charge on any atom is -0.497 e. The van der Waals surface area contributed by atoms with E-state index in [0.29, 0.717) is 13.1 Å². The maximum absolute atomic E-state index is 12.8. The van der Waals surface area contributed by atoms with Gasteiger partial charge in [0.25, 0.3) is 0 Å². The molecule has 8 heteroatoms. The highest BCUT2D eigenvalue weighted by Gasteiger charge is 2.47. The molecule has 1 spiro atoms. The fourth-order valence-corrected chi connectivity index (χ4v) is 5.43. The highest BCUT2D eigenvalue weighted by atomic mass is 32.1. The van der Waals surface area contributed by atoms with Crippen LogP contribution in [0.3, 0.4) is 0 Å². The zero-order valence-corrected chi connectivity index (χ0v) is 17.7. The van der Waals surface area contributed by atoms with E-state index in [9.17, 15) is 9.59 Å². The van der Waals surface area contributed by atoms with E-state index in [1.807, 2.05) is 29.6 Å². The highest BCUT2D eigenvalue weighted by molar-refractivity contribution is 7.09. The SMILES string of the molecule is COc1cccc(CN2CC[C@]3(CCn4c3nn(Cc3cccs3)c(=O)c4=O)C2)c1. The lowest BCUT2D eigenvalue weighted by Crippen LogP contribution is -2.45. The lowest BCUT2D eigenvalue weighted by atomic mass is 9.85. The third-order valence-electron chi connectivity index (χ3n) is 6.28. The normalized spacial score (nSPS) is 20.7. The van der Waals surface area contributed by atoms with E-state index in [4.69, 9.17) is 9.84 Å². The van der Waals surface area contributed by atoms with Crippen LogP contribution in [-0.4, -0.2) is 39.4 Å². The third kappa shape index (κ3) is 3.30. The zero-order valence-electron chi connectivity index (χ0n) is 16.9. The van der Waals surface area contributed by atoms with Gasteiger partial charge >= 0.3 is 11.1 Å². The van der Waals surface area contributed by atoms with Gasteiger partial charge in [-0.25, -0.2) is 4.68 Å². The van der Waals surface area contributed by atoms with Gasteiger partial charge in [-0.3, -0.25) is 19.1 Å². The van der Waals surface area contributed by atoms with E-state index in [0.717, 1.165) is 48.9 Å². The van der Waals surface area contributed by atoms with Crippen LogP contribution in [0.1, 0.15) is 29.1 Å². The predicted octanol–water partition coefficient (Wildman–Crippen LogP) is 2.07. The van der Waals surface area contributed by atoms with Crippen molar-refractivity contribution in [2.45, 2.75) is 37.9 Å². The van der Waals surface area contributed by atoms with Crippen LogP contribution < -0.4 is 15.9 Å². The standard InChI is InChI=1S/C22H24N4O3S/c1-29-17-5-2-4-16(12-17)13-24-9-7-22(15-24)8-10-25-19(27)20(28)26(23-21(22)25)14-18-6-3-11-30-18/h2-6,11-12H,7-10,13-15H2,1H3/t22-/m0/s1. The van der Waals surface area contributed by atoms with E-state index in [1.165, 1.54) is 10.2 Å². The van der Waals surface area contributed by atoms with Crippen molar-refractivity contribution in [2.75, 3.05) is 20.2 Å². The number of hydrogen-bond acceptors (Lipinski definition) is 6. The van der Waals surface area contributed by atoms with Gasteiger partial charge in [0, 0.05) is 29.9 Å². The van der Waals surface area contributed by atoms with Crippen LogP contribution >= 0.6 is 11.3 Å². The maximum Gasteiger partial charge on any atom is 0.332 e. The van der Waals surface area contributed by atoms with Crippen molar-refractivity contribution < 1.29 is 4.74 Å². The summed E-state index contributed by atoms with van der Waals surface area (Å²) >= 11 is 1.57. The molecule has 4 heterocycles. The Bertz CT molecular complexity index is 1180. The monoisotopic (exact) mass is 424 g/mol. The fraction of sp³-hybridized carbons (Fsp3) is 0.409. The second-order valence-corrected chi connectivity index (χ2v) is 9.20. The molecule has 2 aliphatic rings. The second-order valence-electron chi connectivity index (χ2n) is 8.17. The van der Waals surface area contributed by atoms with Gasteiger partial charge in [-0.2, -0.15) is 5.10 Å². The molecule has 1 saturated heterocycles. The maximum atomic E-state index is 12.8. The molecule has 2 aromatic heterocycles.